The summed E-state index contributed by atoms with van der Waals surface area (Å²) in [6, 6.07) is 10.8. The third-order valence-corrected chi connectivity index (χ3v) is 2.89. The number of nitro groups is 1. The van der Waals surface area contributed by atoms with Crippen molar-refractivity contribution in [3.63, 3.8) is 0 Å². The molecule has 2 aromatic rings. The number of carbonyl (C=O) groups excluding carboxylic acids is 1. The van der Waals surface area contributed by atoms with Crippen molar-refractivity contribution in [1.29, 1.82) is 5.26 Å². The average Bonchev–Trinajstić information content (AvgIpc) is 3.01. The molecule has 0 N–H and O–H groups in total. The molecule has 0 aliphatic carbocycles. The first kappa shape index (κ1) is 16.0. The largest absolute Gasteiger partial charge is 0.462 e. The number of esters is 1. The van der Waals surface area contributed by atoms with E-state index in [4.69, 9.17) is 14.4 Å². The van der Waals surface area contributed by atoms with Gasteiger partial charge >= 0.3 is 5.97 Å². The SMILES string of the molecule is CCOC(=O)/C(C#N)=C/c1ccc(-c2ccc([N+](=O)[O-])cc2)o1. The minimum Gasteiger partial charge on any atom is -0.462 e. The lowest BCUT2D eigenvalue weighted by atomic mass is 10.1. The molecule has 0 saturated carbocycles. The molecule has 0 aliphatic rings. The smallest absolute Gasteiger partial charge is 0.349 e. The lowest BCUT2D eigenvalue weighted by Crippen LogP contribution is -2.05. The van der Waals surface area contributed by atoms with Gasteiger partial charge in [0.15, 0.2) is 0 Å². The number of hydrogen-bond donors (Lipinski definition) is 0. The van der Waals surface area contributed by atoms with Crippen molar-refractivity contribution in [2.75, 3.05) is 6.61 Å². The van der Waals surface area contributed by atoms with Gasteiger partial charge in [-0.05, 0) is 31.2 Å². The summed E-state index contributed by atoms with van der Waals surface area (Å²) in [6.45, 7) is 1.82. The van der Waals surface area contributed by atoms with Gasteiger partial charge in [-0.15, -0.1) is 0 Å². The van der Waals surface area contributed by atoms with Crippen LogP contribution >= 0.6 is 0 Å². The van der Waals surface area contributed by atoms with E-state index >= 15 is 0 Å². The molecule has 0 spiro atoms. The van der Waals surface area contributed by atoms with Crippen LogP contribution in [0.15, 0.2) is 46.4 Å². The number of furan rings is 1. The van der Waals surface area contributed by atoms with Crippen LogP contribution in [0.3, 0.4) is 0 Å². The van der Waals surface area contributed by atoms with Crippen LogP contribution in [0.5, 0.6) is 0 Å². The number of benzene rings is 1. The Morgan fingerprint density at radius 3 is 2.61 bits per heavy atom. The molecule has 0 amide bonds. The number of carbonyl (C=O) groups is 1. The predicted octanol–water partition coefficient (Wildman–Crippen LogP) is 3.32. The third kappa shape index (κ3) is 3.83. The van der Waals surface area contributed by atoms with Gasteiger partial charge in [0.1, 0.15) is 23.2 Å². The van der Waals surface area contributed by atoms with E-state index in [2.05, 4.69) is 0 Å². The molecule has 2 rings (SSSR count). The molecule has 0 unspecified atom stereocenters. The Morgan fingerprint density at radius 2 is 2.04 bits per heavy atom. The average molecular weight is 312 g/mol. The van der Waals surface area contributed by atoms with Gasteiger partial charge in [-0.2, -0.15) is 5.26 Å². The maximum Gasteiger partial charge on any atom is 0.349 e. The zero-order chi connectivity index (χ0) is 16.8. The molecule has 0 atom stereocenters. The Hall–Kier alpha value is -3.40. The van der Waals surface area contributed by atoms with E-state index in [9.17, 15) is 14.9 Å². The molecule has 0 fully saturated rings. The monoisotopic (exact) mass is 312 g/mol. The van der Waals surface area contributed by atoms with Crippen LogP contribution in [0.2, 0.25) is 0 Å². The maximum atomic E-state index is 11.5. The minimum absolute atomic E-state index is 0.0190. The first-order chi connectivity index (χ1) is 11.0. The molecule has 0 bridgehead atoms. The first-order valence-corrected chi connectivity index (χ1v) is 6.68. The van der Waals surface area contributed by atoms with Gasteiger partial charge < -0.3 is 9.15 Å². The van der Waals surface area contributed by atoms with Crippen LogP contribution in [0.1, 0.15) is 12.7 Å². The number of hydrogen-bond acceptors (Lipinski definition) is 6. The van der Waals surface area contributed by atoms with Crippen LogP contribution in [-0.4, -0.2) is 17.5 Å². The quantitative estimate of drug-likeness (QED) is 0.275. The van der Waals surface area contributed by atoms with Gasteiger partial charge in [-0.1, -0.05) is 0 Å². The summed E-state index contributed by atoms with van der Waals surface area (Å²) in [7, 11) is 0. The molecule has 0 radical (unpaired) electrons. The van der Waals surface area contributed by atoms with E-state index in [1.807, 2.05) is 0 Å². The summed E-state index contributed by atoms with van der Waals surface area (Å²) in [6.07, 6.45) is 1.28. The van der Waals surface area contributed by atoms with E-state index in [-0.39, 0.29) is 17.9 Å². The highest BCUT2D eigenvalue weighted by Gasteiger charge is 2.12. The Kier molecular flexibility index (Phi) is 4.89. The number of non-ortho nitro benzene ring substituents is 1. The molecule has 0 aliphatic heterocycles. The lowest BCUT2D eigenvalue weighted by Gasteiger charge is -1.98. The topological polar surface area (TPSA) is 106 Å². The molecular weight excluding hydrogens is 300 g/mol. The molecule has 1 aromatic heterocycles. The fourth-order valence-electron chi connectivity index (χ4n) is 1.82. The highest BCUT2D eigenvalue weighted by atomic mass is 16.6. The van der Waals surface area contributed by atoms with Crippen molar-refractivity contribution in [3.05, 3.63) is 57.8 Å². The van der Waals surface area contributed by atoms with E-state index in [1.54, 1.807) is 37.3 Å². The predicted molar refractivity (Wildman–Crippen MR) is 81.0 cm³/mol. The van der Waals surface area contributed by atoms with Gasteiger partial charge in [0.2, 0.25) is 0 Å². The van der Waals surface area contributed by atoms with Crippen LogP contribution in [0, 0.1) is 21.4 Å². The summed E-state index contributed by atoms with van der Waals surface area (Å²) in [5, 5.41) is 19.6. The normalized spacial score (nSPS) is 10.9. The Labute approximate surface area is 131 Å². The fraction of sp³-hybridized carbons (Fsp3) is 0.125. The number of nitrogens with zero attached hydrogens (tertiary/aromatic N) is 2. The van der Waals surface area contributed by atoms with Gasteiger partial charge in [0.25, 0.3) is 5.69 Å². The van der Waals surface area contributed by atoms with Crippen molar-refractivity contribution < 1.29 is 18.9 Å². The lowest BCUT2D eigenvalue weighted by molar-refractivity contribution is -0.384. The van der Waals surface area contributed by atoms with Gasteiger partial charge in [0.05, 0.1) is 11.5 Å². The van der Waals surface area contributed by atoms with Crippen molar-refractivity contribution in [2.45, 2.75) is 6.92 Å². The molecular formula is C16H12N2O5. The van der Waals surface area contributed by atoms with E-state index < -0.39 is 10.9 Å². The van der Waals surface area contributed by atoms with Crippen molar-refractivity contribution in [2.24, 2.45) is 0 Å². The Balaban J connectivity index is 2.25. The summed E-state index contributed by atoms with van der Waals surface area (Å²) in [4.78, 5) is 21.7. The molecule has 7 heteroatoms. The molecule has 23 heavy (non-hydrogen) atoms. The van der Waals surface area contributed by atoms with Crippen molar-refractivity contribution in [1.82, 2.24) is 0 Å². The Bertz CT molecular complexity index is 797. The summed E-state index contributed by atoms with van der Waals surface area (Å²) < 4.78 is 10.3. The Morgan fingerprint density at radius 1 is 1.35 bits per heavy atom. The van der Waals surface area contributed by atoms with Gasteiger partial charge in [0, 0.05) is 23.8 Å². The highest BCUT2D eigenvalue weighted by molar-refractivity contribution is 5.97. The van der Waals surface area contributed by atoms with E-state index in [0.29, 0.717) is 17.1 Å². The second-order valence-electron chi connectivity index (χ2n) is 4.40. The van der Waals surface area contributed by atoms with Gasteiger partial charge in [-0.25, -0.2) is 4.79 Å². The standard InChI is InChI=1S/C16H12N2O5/c1-2-22-16(19)12(10-17)9-14-7-8-15(23-14)11-3-5-13(6-4-11)18(20)21/h3-9H,2H2,1H3/b12-9+. The molecule has 7 nitrogen and oxygen atoms in total. The van der Waals surface area contributed by atoms with Crippen molar-refractivity contribution >= 4 is 17.7 Å². The number of rotatable bonds is 5. The zero-order valence-corrected chi connectivity index (χ0v) is 12.2. The van der Waals surface area contributed by atoms with Crippen LogP contribution in [-0.2, 0) is 9.53 Å². The number of nitro benzene ring substituents is 1. The molecule has 0 saturated heterocycles. The van der Waals surface area contributed by atoms with E-state index in [1.165, 1.54) is 18.2 Å². The van der Waals surface area contributed by atoms with Crippen LogP contribution in [0.25, 0.3) is 17.4 Å². The maximum absolute atomic E-state index is 11.5. The minimum atomic E-state index is -0.719. The van der Waals surface area contributed by atoms with Gasteiger partial charge in [-0.3, -0.25) is 10.1 Å². The molecule has 116 valence electrons. The fourth-order valence-corrected chi connectivity index (χ4v) is 1.82. The molecule has 1 heterocycles. The van der Waals surface area contributed by atoms with E-state index in [0.717, 1.165) is 0 Å². The summed E-state index contributed by atoms with van der Waals surface area (Å²) in [5.41, 5.74) is 0.454. The summed E-state index contributed by atoms with van der Waals surface area (Å²) in [5.74, 6) is 0.0542. The number of nitriles is 1. The highest BCUT2D eigenvalue weighted by Crippen LogP contribution is 2.25. The summed E-state index contributed by atoms with van der Waals surface area (Å²) >= 11 is 0. The van der Waals surface area contributed by atoms with Crippen LogP contribution in [0.4, 0.5) is 5.69 Å². The third-order valence-electron chi connectivity index (χ3n) is 2.89. The zero-order valence-electron chi connectivity index (χ0n) is 12.2. The second kappa shape index (κ2) is 7.04. The second-order valence-corrected chi connectivity index (χ2v) is 4.40. The van der Waals surface area contributed by atoms with Crippen molar-refractivity contribution in [3.8, 4) is 17.4 Å². The first-order valence-electron chi connectivity index (χ1n) is 6.68. The molecule has 1 aromatic carbocycles. The number of ether oxygens (including phenoxy) is 1. The van der Waals surface area contributed by atoms with Crippen LogP contribution < -0.4 is 0 Å².